The number of hydrogen-bond donors (Lipinski definition) is 0. The highest BCUT2D eigenvalue weighted by Gasteiger charge is 2.12. The van der Waals surface area contributed by atoms with Crippen LogP contribution in [0.2, 0.25) is 0 Å². The van der Waals surface area contributed by atoms with E-state index in [0.29, 0.717) is 0 Å². The van der Waals surface area contributed by atoms with E-state index in [1.165, 1.54) is 30.4 Å². The number of nitrogens with zero attached hydrogens (tertiary/aromatic N) is 2. The van der Waals surface area contributed by atoms with Crippen LogP contribution in [-0.2, 0) is 6.42 Å². The first kappa shape index (κ1) is 14.9. The van der Waals surface area contributed by atoms with Gasteiger partial charge in [-0.05, 0) is 48.9 Å². The topological polar surface area (TPSA) is 16.1 Å². The third kappa shape index (κ3) is 3.73. The van der Waals surface area contributed by atoms with Crippen LogP contribution in [0.25, 0.3) is 0 Å². The monoisotopic (exact) mass is 288 g/mol. The van der Waals surface area contributed by atoms with Gasteiger partial charge in [-0.25, -0.2) is 4.98 Å². The second-order valence-electron chi connectivity index (χ2n) is 5.23. The molecule has 0 aliphatic carbocycles. The van der Waals surface area contributed by atoms with Gasteiger partial charge in [0.15, 0.2) is 0 Å². The number of hydrogen-bond acceptors (Lipinski definition) is 2. The molecule has 1 aromatic carbocycles. The molecule has 3 rings (SSSR count). The van der Waals surface area contributed by atoms with Gasteiger partial charge in [0.2, 0.25) is 0 Å². The highest BCUT2D eigenvalue weighted by molar-refractivity contribution is 5.85. The third-order valence-corrected chi connectivity index (χ3v) is 3.74. The maximum absolute atomic E-state index is 4.53. The summed E-state index contributed by atoms with van der Waals surface area (Å²) in [6, 6.07) is 15.0. The Morgan fingerprint density at radius 3 is 2.40 bits per heavy atom. The van der Waals surface area contributed by atoms with Crippen molar-refractivity contribution in [1.82, 2.24) is 4.98 Å². The van der Waals surface area contributed by atoms with Crippen molar-refractivity contribution >= 4 is 18.2 Å². The molecule has 106 valence electrons. The van der Waals surface area contributed by atoms with Crippen LogP contribution in [-0.4, -0.2) is 18.1 Å². The van der Waals surface area contributed by atoms with Crippen molar-refractivity contribution in [2.45, 2.75) is 25.7 Å². The molecule has 1 aliphatic heterocycles. The van der Waals surface area contributed by atoms with Crippen LogP contribution in [0.1, 0.15) is 30.4 Å². The van der Waals surface area contributed by atoms with Crippen molar-refractivity contribution in [3.8, 4) is 0 Å². The summed E-state index contributed by atoms with van der Waals surface area (Å²) in [7, 11) is 0. The van der Waals surface area contributed by atoms with Gasteiger partial charge in [-0.1, -0.05) is 30.3 Å². The molecule has 0 spiro atoms. The summed E-state index contributed by atoms with van der Waals surface area (Å²) >= 11 is 0. The van der Waals surface area contributed by atoms with Gasteiger partial charge in [0.05, 0.1) is 0 Å². The minimum Gasteiger partial charge on any atom is -0.357 e. The molecule has 0 unspecified atom stereocenters. The quantitative estimate of drug-likeness (QED) is 0.846. The van der Waals surface area contributed by atoms with E-state index in [-0.39, 0.29) is 12.4 Å². The number of piperidine rings is 1. The molecule has 0 radical (unpaired) electrons. The van der Waals surface area contributed by atoms with Crippen molar-refractivity contribution in [1.29, 1.82) is 0 Å². The molecule has 1 aliphatic rings. The van der Waals surface area contributed by atoms with Crippen LogP contribution in [0, 0.1) is 0 Å². The zero-order chi connectivity index (χ0) is 12.9. The Labute approximate surface area is 127 Å². The number of halogens is 1. The molecular weight excluding hydrogens is 268 g/mol. The Morgan fingerprint density at radius 1 is 0.900 bits per heavy atom. The minimum absolute atomic E-state index is 0. The molecule has 2 heterocycles. The van der Waals surface area contributed by atoms with Gasteiger partial charge in [0.1, 0.15) is 5.82 Å². The van der Waals surface area contributed by atoms with Crippen molar-refractivity contribution < 1.29 is 0 Å². The summed E-state index contributed by atoms with van der Waals surface area (Å²) in [4.78, 5) is 6.95. The smallest absolute Gasteiger partial charge is 0.128 e. The fraction of sp³-hybridized carbons (Fsp3) is 0.353. The van der Waals surface area contributed by atoms with Crippen molar-refractivity contribution in [2.75, 3.05) is 18.0 Å². The summed E-state index contributed by atoms with van der Waals surface area (Å²) in [5.74, 6) is 1.15. The fourth-order valence-corrected chi connectivity index (χ4v) is 2.70. The Balaban J connectivity index is 0.00000147. The summed E-state index contributed by atoms with van der Waals surface area (Å²) in [6.45, 7) is 2.31. The Bertz CT molecular complexity index is 522. The molecule has 3 heteroatoms. The van der Waals surface area contributed by atoms with Crippen LogP contribution < -0.4 is 4.90 Å². The molecule has 2 aromatic rings. The van der Waals surface area contributed by atoms with E-state index >= 15 is 0 Å². The third-order valence-electron chi connectivity index (χ3n) is 3.74. The van der Waals surface area contributed by atoms with Gasteiger partial charge in [-0.2, -0.15) is 0 Å². The van der Waals surface area contributed by atoms with E-state index in [1.54, 1.807) is 0 Å². The molecule has 2 nitrogen and oxygen atoms in total. The molecule has 0 amide bonds. The lowest BCUT2D eigenvalue weighted by Crippen LogP contribution is -2.30. The van der Waals surface area contributed by atoms with Gasteiger partial charge < -0.3 is 4.90 Å². The molecule has 0 bridgehead atoms. The Kier molecular flexibility index (Phi) is 5.42. The molecule has 1 fully saturated rings. The van der Waals surface area contributed by atoms with E-state index in [1.807, 2.05) is 6.20 Å². The summed E-state index contributed by atoms with van der Waals surface area (Å²) in [5.41, 5.74) is 2.71. The van der Waals surface area contributed by atoms with Crippen LogP contribution >= 0.6 is 12.4 Å². The second-order valence-corrected chi connectivity index (χ2v) is 5.23. The predicted octanol–water partition coefficient (Wildman–Crippen LogP) is 4.08. The van der Waals surface area contributed by atoms with Crippen LogP contribution in [0.3, 0.4) is 0 Å². The summed E-state index contributed by atoms with van der Waals surface area (Å²) < 4.78 is 0. The fourth-order valence-electron chi connectivity index (χ4n) is 2.70. The molecule has 0 saturated carbocycles. The normalized spacial score (nSPS) is 14.7. The zero-order valence-electron chi connectivity index (χ0n) is 11.7. The van der Waals surface area contributed by atoms with Crippen LogP contribution in [0.5, 0.6) is 0 Å². The second kappa shape index (κ2) is 7.30. The van der Waals surface area contributed by atoms with Gasteiger partial charge in [-0.15, -0.1) is 12.4 Å². The van der Waals surface area contributed by atoms with Crippen molar-refractivity contribution in [3.05, 3.63) is 59.8 Å². The number of pyridine rings is 1. The van der Waals surface area contributed by atoms with Gasteiger partial charge in [-0.3, -0.25) is 0 Å². The van der Waals surface area contributed by atoms with Crippen LogP contribution in [0.15, 0.2) is 48.7 Å². The lowest BCUT2D eigenvalue weighted by Gasteiger charge is -2.27. The largest absolute Gasteiger partial charge is 0.357 e. The van der Waals surface area contributed by atoms with Crippen LogP contribution in [0.4, 0.5) is 5.82 Å². The Morgan fingerprint density at radius 2 is 1.65 bits per heavy atom. The van der Waals surface area contributed by atoms with E-state index in [0.717, 1.165) is 25.3 Å². The lowest BCUT2D eigenvalue weighted by molar-refractivity contribution is 0.573. The SMILES string of the molecule is Cl.c1ccc(Cc2ccnc(N3CCCCC3)c2)cc1. The van der Waals surface area contributed by atoms with Gasteiger partial charge in [0, 0.05) is 19.3 Å². The first-order valence-electron chi connectivity index (χ1n) is 7.16. The average molecular weight is 289 g/mol. The minimum atomic E-state index is 0. The van der Waals surface area contributed by atoms with E-state index in [4.69, 9.17) is 0 Å². The Hall–Kier alpha value is -1.54. The highest BCUT2D eigenvalue weighted by Crippen LogP contribution is 2.19. The number of aromatic nitrogens is 1. The number of rotatable bonds is 3. The predicted molar refractivity (Wildman–Crippen MR) is 86.8 cm³/mol. The van der Waals surface area contributed by atoms with Gasteiger partial charge in [0.25, 0.3) is 0 Å². The highest BCUT2D eigenvalue weighted by atomic mass is 35.5. The summed E-state index contributed by atoms with van der Waals surface area (Å²) in [6.07, 6.45) is 6.89. The molecule has 0 atom stereocenters. The maximum Gasteiger partial charge on any atom is 0.128 e. The molecule has 0 N–H and O–H groups in total. The van der Waals surface area contributed by atoms with E-state index in [2.05, 4.69) is 52.3 Å². The zero-order valence-corrected chi connectivity index (χ0v) is 12.5. The molecule has 1 aromatic heterocycles. The van der Waals surface area contributed by atoms with E-state index < -0.39 is 0 Å². The van der Waals surface area contributed by atoms with E-state index in [9.17, 15) is 0 Å². The molecular formula is C17H21ClN2. The standard InChI is InChI=1S/C17H20N2.ClH/c1-3-7-15(8-4-1)13-16-9-10-18-17(14-16)19-11-5-2-6-12-19;/h1,3-4,7-10,14H,2,5-6,11-13H2;1H. The number of anilines is 1. The molecule has 20 heavy (non-hydrogen) atoms. The first-order chi connectivity index (χ1) is 9.42. The average Bonchev–Trinajstić information content (AvgIpc) is 2.49. The van der Waals surface area contributed by atoms with Gasteiger partial charge >= 0.3 is 0 Å². The maximum atomic E-state index is 4.53. The lowest BCUT2D eigenvalue weighted by atomic mass is 10.1. The number of benzene rings is 1. The molecule has 1 saturated heterocycles. The van der Waals surface area contributed by atoms with Crippen molar-refractivity contribution in [3.63, 3.8) is 0 Å². The van der Waals surface area contributed by atoms with Crippen molar-refractivity contribution in [2.24, 2.45) is 0 Å². The first-order valence-corrected chi connectivity index (χ1v) is 7.16. The summed E-state index contributed by atoms with van der Waals surface area (Å²) in [5, 5.41) is 0.